The maximum Gasteiger partial charge on any atom is 0.407 e. The molecule has 0 aliphatic carbocycles. The second-order valence-corrected chi connectivity index (χ2v) is 6.88. The van der Waals surface area contributed by atoms with E-state index in [2.05, 4.69) is 10.4 Å². The van der Waals surface area contributed by atoms with Gasteiger partial charge < -0.3 is 15.2 Å². The highest BCUT2D eigenvalue weighted by atomic mass is 16.6. The Kier molecular flexibility index (Phi) is 5.17. The van der Waals surface area contributed by atoms with Crippen LogP contribution in [0.4, 0.5) is 4.79 Å². The van der Waals surface area contributed by atoms with E-state index in [-0.39, 0.29) is 0 Å². The summed E-state index contributed by atoms with van der Waals surface area (Å²) >= 11 is 0. The molecule has 0 aliphatic heterocycles. The van der Waals surface area contributed by atoms with E-state index in [1.807, 2.05) is 52.9 Å². The minimum Gasteiger partial charge on any atom is -0.507 e. The molecular formula is C18H25N3O3. The van der Waals surface area contributed by atoms with Crippen molar-refractivity contribution in [3.05, 3.63) is 35.7 Å². The summed E-state index contributed by atoms with van der Waals surface area (Å²) in [5.41, 5.74) is 3.15. The molecule has 2 rings (SSSR count). The van der Waals surface area contributed by atoms with E-state index in [0.717, 1.165) is 22.3 Å². The molecule has 0 atom stereocenters. The number of aromatic hydroxyl groups is 1. The van der Waals surface area contributed by atoms with Gasteiger partial charge in [-0.3, -0.25) is 4.68 Å². The predicted molar refractivity (Wildman–Crippen MR) is 93.0 cm³/mol. The second kappa shape index (κ2) is 6.95. The van der Waals surface area contributed by atoms with E-state index >= 15 is 0 Å². The zero-order valence-electron chi connectivity index (χ0n) is 14.9. The summed E-state index contributed by atoms with van der Waals surface area (Å²) in [6.07, 6.45) is 3.26. The molecule has 6 heteroatoms. The maximum absolute atomic E-state index is 11.6. The number of ether oxygens (including phenoxy) is 1. The fourth-order valence-electron chi connectivity index (χ4n) is 2.34. The second-order valence-electron chi connectivity index (χ2n) is 6.88. The van der Waals surface area contributed by atoms with Gasteiger partial charge in [-0.15, -0.1) is 0 Å². The Balaban J connectivity index is 1.95. The number of hydrogen-bond donors (Lipinski definition) is 2. The maximum atomic E-state index is 11.6. The highest BCUT2D eigenvalue weighted by molar-refractivity contribution is 5.67. The van der Waals surface area contributed by atoms with Crippen molar-refractivity contribution < 1.29 is 14.6 Å². The van der Waals surface area contributed by atoms with Gasteiger partial charge in [0.15, 0.2) is 0 Å². The van der Waals surface area contributed by atoms with Crippen LogP contribution >= 0.6 is 0 Å². The Bertz CT molecular complexity index is 706. The lowest BCUT2D eigenvalue weighted by Gasteiger charge is -2.19. The summed E-state index contributed by atoms with van der Waals surface area (Å²) in [4.78, 5) is 11.6. The van der Waals surface area contributed by atoms with E-state index < -0.39 is 11.7 Å². The van der Waals surface area contributed by atoms with Gasteiger partial charge in [-0.25, -0.2) is 4.79 Å². The molecule has 2 N–H and O–H groups in total. The van der Waals surface area contributed by atoms with E-state index in [0.29, 0.717) is 18.8 Å². The summed E-state index contributed by atoms with van der Waals surface area (Å²) in [5.74, 6) is 0.327. The number of rotatable bonds is 4. The number of phenols is 1. The first-order chi connectivity index (χ1) is 11.2. The minimum atomic E-state index is -0.502. The first kappa shape index (κ1) is 17.8. The molecule has 0 spiro atoms. The number of aryl methyl sites for hydroxylation is 2. The van der Waals surface area contributed by atoms with Crippen molar-refractivity contribution in [2.75, 3.05) is 6.54 Å². The van der Waals surface area contributed by atoms with Crippen LogP contribution in [-0.4, -0.2) is 33.1 Å². The van der Waals surface area contributed by atoms with E-state index in [4.69, 9.17) is 4.74 Å². The smallest absolute Gasteiger partial charge is 0.407 e. The van der Waals surface area contributed by atoms with Gasteiger partial charge in [0.1, 0.15) is 11.4 Å². The summed E-state index contributed by atoms with van der Waals surface area (Å²) in [6, 6.07) is 3.87. The number of carbonyl (C=O) groups is 1. The first-order valence-electron chi connectivity index (χ1n) is 7.95. The van der Waals surface area contributed by atoms with Gasteiger partial charge in [-0.2, -0.15) is 5.10 Å². The van der Waals surface area contributed by atoms with Gasteiger partial charge in [0.05, 0.1) is 12.7 Å². The molecule has 1 heterocycles. The molecule has 0 aliphatic rings. The van der Waals surface area contributed by atoms with Crippen molar-refractivity contribution in [3.8, 4) is 16.9 Å². The molecular weight excluding hydrogens is 306 g/mol. The van der Waals surface area contributed by atoms with Crippen LogP contribution in [0.25, 0.3) is 11.1 Å². The Hall–Kier alpha value is -2.50. The monoisotopic (exact) mass is 331 g/mol. The van der Waals surface area contributed by atoms with Gasteiger partial charge in [0, 0.05) is 18.3 Å². The molecule has 0 fully saturated rings. The van der Waals surface area contributed by atoms with E-state index in [1.165, 1.54) is 0 Å². The van der Waals surface area contributed by atoms with Crippen LogP contribution in [0.5, 0.6) is 5.75 Å². The average molecular weight is 331 g/mol. The quantitative estimate of drug-likeness (QED) is 0.900. The SMILES string of the molecule is Cc1cc(-c2cnn(CCNC(=O)OC(C)(C)C)c2)cc(C)c1O. The number of carbonyl (C=O) groups excluding carboxylic acids is 1. The average Bonchev–Trinajstić information content (AvgIpc) is 2.91. The Morgan fingerprint density at radius 2 is 1.88 bits per heavy atom. The molecule has 2 aromatic rings. The molecule has 130 valence electrons. The van der Waals surface area contributed by atoms with Gasteiger partial charge in [-0.05, 0) is 63.4 Å². The fourth-order valence-corrected chi connectivity index (χ4v) is 2.34. The third-order valence-corrected chi connectivity index (χ3v) is 3.47. The lowest BCUT2D eigenvalue weighted by Crippen LogP contribution is -2.34. The summed E-state index contributed by atoms with van der Waals surface area (Å²) in [7, 11) is 0. The molecule has 1 aromatic carbocycles. The normalized spacial score (nSPS) is 11.4. The number of benzene rings is 1. The Morgan fingerprint density at radius 1 is 1.25 bits per heavy atom. The third kappa shape index (κ3) is 4.75. The van der Waals surface area contributed by atoms with Crippen molar-refractivity contribution in [2.45, 2.75) is 46.8 Å². The lowest BCUT2D eigenvalue weighted by atomic mass is 10.0. The molecule has 0 saturated carbocycles. The van der Waals surface area contributed by atoms with Gasteiger partial charge in [0.2, 0.25) is 0 Å². The number of amides is 1. The summed E-state index contributed by atoms with van der Waals surface area (Å²) < 4.78 is 6.95. The Morgan fingerprint density at radius 3 is 2.46 bits per heavy atom. The van der Waals surface area contributed by atoms with Crippen LogP contribution < -0.4 is 5.32 Å². The van der Waals surface area contributed by atoms with Crippen LogP contribution in [0, 0.1) is 13.8 Å². The zero-order valence-corrected chi connectivity index (χ0v) is 14.9. The predicted octanol–water partition coefficient (Wildman–Crippen LogP) is 3.40. The molecule has 0 radical (unpaired) electrons. The number of nitrogens with one attached hydrogen (secondary N) is 1. The zero-order chi connectivity index (χ0) is 17.9. The highest BCUT2D eigenvalue weighted by Gasteiger charge is 2.15. The first-order valence-corrected chi connectivity index (χ1v) is 7.95. The summed E-state index contributed by atoms with van der Waals surface area (Å²) in [6.45, 7) is 10.2. The number of hydrogen-bond acceptors (Lipinski definition) is 4. The fraction of sp³-hybridized carbons (Fsp3) is 0.444. The van der Waals surface area contributed by atoms with Crippen molar-refractivity contribution >= 4 is 6.09 Å². The molecule has 24 heavy (non-hydrogen) atoms. The van der Waals surface area contributed by atoms with Gasteiger partial charge in [0.25, 0.3) is 0 Å². The van der Waals surface area contributed by atoms with Crippen molar-refractivity contribution in [2.24, 2.45) is 0 Å². The van der Waals surface area contributed by atoms with Gasteiger partial charge in [-0.1, -0.05) is 0 Å². The molecule has 0 bridgehead atoms. The number of nitrogens with zero attached hydrogens (tertiary/aromatic N) is 2. The van der Waals surface area contributed by atoms with Crippen LogP contribution in [0.2, 0.25) is 0 Å². The molecule has 0 unspecified atom stereocenters. The number of alkyl carbamates (subject to hydrolysis) is 1. The lowest BCUT2D eigenvalue weighted by molar-refractivity contribution is 0.0525. The van der Waals surface area contributed by atoms with Crippen LogP contribution in [0.15, 0.2) is 24.5 Å². The molecule has 6 nitrogen and oxygen atoms in total. The van der Waals surface area contributed by atoms with Gasteiger partial charge >= 0.3 is 6.09 Å². The topological polar surface area (TPSA) is 76.4 Å². The molecule has 0 saturated heterocycles. The Labute approximate surface area is 142 Å². The third-order valence-electron chi connectivity index (χ3n) is 3.47. The number of aromatic nitrogens is 2. The molecule has 1 aromatic heterocycles. The molecule has 1 amide bonds. The minimum absolute atomic E-state index is 0.327. The van der Waals surface area contributed by atoms with Crippen molar-refractivity contribution in [1.82, 2.24) is 15.1 Å². The van der Waals surface area contributed by atoms with Crippen LogP contribution in [0.1, 0.15) is 31.9 Å². The van der Waals surface area contributed by atoms with Crippen LogP contribution in [0.3, 0.4) is 0 Å². The summed E-state index contributed by atoms with van der Waals surface area (Å²) in [5, 5.41) is 16.9. The largest absolute Gasteiger partial charge is 0.507 e. The van der Waals surface area contributed by atoms with Crippen molar-refractivity contribution in [3.63, 3.8) is 0 Å². The highest BCUT2D eigenvalue weighted by Crippen LogP contribution is 2.28. The standard InChI is InChI=1S/C18H25N3O3/c1-12-8-14(9-13(2)16(12)22)15-10-20-21(11-15)7-6-19-17(23)24-18(3,4)5/h8-11,22H,6-7H2,1-5H3,(H,19,23). The van der Waals surface area contributed by atoms with Crippen LogP contribution in [-0.2, 0) is 11.3 Å². The van der Waals surface area contributed by atoms with E-state index in [1.54, 1.807) is 10.9 Å². The number of phenolic OH excluding ortho intramolecular Hbond substituents is 1. The van der Waals surface area contributed by atoms with E-state index in [9.17, 15) is 9.90 Å². The van der Waals surface area contributed by atoms with Crippen molar-refractivity contribution in [1.29, 1.82) is 0 Å².